The van der Waals surface area contributed by atoms with Crippen molar-refractivity contribution < 1.29 is 24.6 Å². The molecule has 0 spiro atoms. The number of amides is 1. The molecule has 2 heterocycles. The van der Waals surface area contributed by atoms with Crippen molar-refractivity contribution in [3.63, 3.8) is 0 Å². The third-order valence-corrected chi connectivity index (χ3v) is 6.00. The van der Waals surface area contributed by atoms with Gasteiger partial charge in [0, 0.05) is 19.6 Å². The summed E-state index contributed by atoms with van der Waals surface area (Å²) in [4.78, 5) is 36.7. The van der Waals surface area contributed by atoms with Gasteiger partial charge in [-0.2, -0.15) is 0 Å². The number of benzene rings is 1. The maximum absolute atomic E-state index is 13.1. The predicted molar refractivity (Wildman–Crippen MR) is 125 cm³/mol. The summed E-state index contributed by atoms with van der Waals surface area (Å²) in [5.41, 5.74) is 1.25. The summed E-state index contributed by atoms with van der Waals surface area (Å²) in [7, 11) is 0. The van der Waals surface area contributed by atoms with Gasteiger partial charge in [-0.05, 0) is 48.4 Å². The van der Waals surface area contributed by atoms with Crippen LogP contribution in [0.15, 0.2) is 47.8 Å². The van der Waals surface area contributed by atoms with Gasteiger partial charge in [-0.1, -0.05) is 56.7 Å². The van der Waals surface area contributed by atoms with Gasteiger partial charge >= 0.3 is 11.9 Å². The number of carbonyl (C=O) groups is 3. The Labute approximate surface area is 193 Å². The van der Waals surface area contributed by atoms with Crippen molar-refractivity contribution in [2.75, 3.05) is 26.2 Å². The molecule has 1 aromatic heterocycles. The average molecular weight is 461 g/mol. The van der Waals surface area contributed by atoms with Crippen molar-refractivity contribution in [3.05, 3.63) is 58.3 Å². The number of carboxylic acids is 2. The molecular formula is C24H32N2O5S. The minimum Gasteiger partial charge on any atom is -0.473 e. The fourth-order valence-electron chi connectivity index (χ4n) is 3.85. The molecule has 0 atom stereocenters. The maximum atomic E-state index is 13.1. The summed E-state index contributed by atoms with van der Waals surface area (Å²) in [5.74, 6) is -3.50. The van der Waals surface area contributed by atoms with Crippen LogP contribution in [0.3, 0.4) is 0 Å². The van der Waals surface area contributed by atoms with Crippen LogP contribution in [0.2, 0.25) is 0 Å². The monoisotopic (exact) mass is 460 g/mol. The molecule has 8 heteroatoms. The van der Waals surface area contributed by atoms with E-state index < -0.39 is 11.9 Å². The first-order valence-corrected chi connectivity index (χ1v) is 11.6. The first kappa shape index (κ1) is 25.5. The fourth-order valence-corrected chi connectivity index (χ4v) is 4.54. The van der Waals surface area contributed by atoms with Gasteiger partial charge in [-0.3, -0.25) is 4.79 Å². The van der Waals surface area contributed by atoms with Crippen LogP contribution in [0.25, 0.3) is 0 Å². The molecule has 1 aliphatic heterocycles. The van der Waals surface area contributed by atoms with E-state index in [1.165, 1.54) is 49.3 Å². The summed E-state index contributed by atoms with van der Waals surface area (Å²) < 4.78 is 0. The first-order valence-electron chi connectivity index (χ1n) is 10.7. The van der Waals surface area contributed by atoms with Gasteiger partial charge in [0.1, 0.15) is 0 Å². The highest BCUT2D eigenvalue weighted by molar-refractivity contribution is 7.12. The number of nitrogens with zero attached hydrogens (tertiary/aromatic N) is 2. The van der Waals surface area contributed by atoms with Crippen molar-refractivity contribution in [3.8, 4) is 0 Å². The predicted octanol–water partition coefficient (Wildman–Crippen LogP) is 4.06. The fraction of sp³-hybridized carbons (Fsp3) is 0.458. The zero-order valence-electron chi connectivity index (χ0n) is 18.7. The van der Waals surface area contributed by atoms with E-state index in [9.17, 15) is 4.79 Å². The van der Waals surface area contributed by atoms with E-state index in [4.69, 9.17) is 19.8 Å². The molecule has 0 saturated carbocycles. The molecule has 7 nitrogen and oxygen atoms in total. The molecule has 174 valence electrons. The lowest BCUT2D eigenvalue weighted by Gasteiger charge is -2.38. The maximum Gasteiger partial charge on any atom is 0.414 e. The van der Waals surface area contributed by atoms with Crippen LogP contribution in [0, 0.1) is 5.41 Å². The molecule has 1 aromatic carbocycles. The molecular weight excluding hydrogens is 428 g/mol. The van der Waals surface area contributed by atoms with Crippen LogP contribution in [-0.4, -0.2) is 64.0 Å². The molecule has 0 radical (unpaired) electrons. The molecule has 0 aliphatic carbocycles. The third-order valence-electron chi connectivity index (χ3n) is 5.14. The van der Waals surface area contributed by atoms with E-state index in [0.29, 0.717) is 6.54 Å². The number of thiophene rings is 1. The number of carboxylic acid groups (broad SMARTS) is 2. The number of carbonyl (C=O) groups excluding carboxylic acids is 1. The van der Waals surface area contributed by atoms with Crippen LogP contribution in [-0.2, 0) is 16.1 Å². The van der Waals surface area contributed by atoms with Crippen molar-refractivity contribution in [2.24, 2.45) is 5.41 Å². The van der Waals surface area contributed by atoms with E-state index in [-0.39, 0.29) is 11.3 Å². The molecule has 0 bridgehead atoms. The highest BCUT2D eigenvalue weighted by Gasteiger charge is 2.28. The van der Waals surface area contributed by atoms with E-state index in [2.05, 4.69) is 30.9 Å². The number of rotatable bonds is 7. The summed E-state index contributed by atoms with van der Waals surface area (Å²) in [6.45, 7) is 9.47. The van der Waals surface area contributed by atoms with Crippen LogP contribution in [0.4, 0.5) is 0 Å². The Kier molecular flexibility index (Phi) is 9.87. The second-order valence-electron chi connectivity index (χ2n) is 8.74. The molecule has 1 fully saturated rings. The Morgan fingerprint density at radius 1 is 0.969 bits per heavy atom. The smallest absolute Gasteiger partial charge is 0.414 e. The standard InChI is InChI=1S/C22H30N2OS.C2H2O4/c1-22(2,17-23-13-7-4-8-14-23)18-24(16-19-10-5-3-6-11-19)21(25)20-12-9-15-26-20;3-1(4)2(5)6/h3,5-6,9-12,15H,4,7-8,13-14,16-18H2,1-2H3;(H,3,4)(H,5,6). The number of aliphatic carboxylic acids is 2. The van der Waals surface area contributed by atoms with Crippen LogP contribution >= 0.6 is 11.3 Å². The lowest BCUT2D eigenvalue weighted by molar-refractivity contribution is -0.159. The molecule has 2 N–H and O–H groups in total. The van der Waals surface area contributed by atoms with Crippen LogP contribution in [0.5, 0.6) is 0 Å². The SMILES string of the molecule is CC(C)(CN1CCCCC1)CN(Cc1ccccc1)C(=O)c1cccs1.O=C(O)C(=O)O. The van der Waals surface area contributed by atoms with Crippen molar-refractivity contribution in [1.82, 2.24) is 9.80 Å². The Balaban J connectivity index is 0.000000534. The number of hydrogen-bond acceptors (Lipinski definition) is 5. The van der Waals surface area contributed by atoms with Crippen molar-refractivity contribution >= 4 is 29.2 Å². The molecule has 1 saturated heterocycles. The van der Waals surface area contributed by atoms with Crippen molar-refractivity contribution in [1.29, 1.82) is 0 Å². The van der Waals surface area contributed by atoms with E-state index in [1.807, 2.05) is 40.6 Å². The zero-order chi connectivity index (χ0) is 23.6. The molecule has 3 rings (SSSR count). The topological polar surface area (TPSA) is 98.2 Å². The lowest BCUT2D eigenvalue weighted by Crippen LogP contribution is -2.45. The second-order valence-corrected chi connectivity index (χ2v) is 9.68. The van der Waals surface area contributed by atoms with Crippen LogP contribution in [0.1, 0.15) is 48.3 Å². The highest BCUT2D eigenvalue weighted by Crippen LogP contribution is 2.24. The molecule has 2 aromatic rings. The first-order chi connectivity index (χ1) is 15.2. The van der Waals surface area contributed by atoms with Gasteiger partial charge in [0.25, 0.3) is 5.91 Å². The van der Waals surface area contributed by atoms with E-state index in [1.54, 1.807) is 0 Å². The zero-order valence-corrected chi connectivity index (χ0v) is 19.5. The normalized spacial score (nSPS) is 14.2. The van der Waals surface area contributed by atoms with Crippen LogP contribution < -0.4 is 0 Å². The van der Waals surface area contributed by atoms with Gasteiger partial charge < -0.3 is 20.0 Å². The molecule has 32 heavy (non-hydrogen) atoms. The summed E-state index contributed by atoms with van der Waals surface area (Å²) in [5, 5.41) is 16.8. The summed E-state index contributed by atoms with van der Waals surface area (Å²) in [6.07, 6.45) is 3.96. The van der Waals surface area contributed by atoms with Gasteiger partial charge in [0.2, 0.25) is 0 Å². The Hall–Kier alpha value is -2.71. The molecule has 1 amide bonds. The number of piperidine rings is 1. The second kappa shape index (κ2) is 12.4. The molecule has 0 unspecified atom stereocenters. The highest BCUT2D eigenvalue weighted by atomic mass is 32.1. The number of hydrogen-bond donors (Lipinski definition) is 2. The van der Waals surface area contributed by atoms with E-state index >= 15 is 0 Å². The third kappa shape index (κ3) is 8.80. The van der Waals surface area contributed by atoms with Gasteiger partial charge in [-0.25, -0.2) is 9.59 Å². The summed E-state index contributed by atoms with van der Waals surface area (Å²) >= 11 is 1.53. The van der Waals surface area contributed by atoms with Gasteiger partial charge in [0.05, 0.1) is 4.88 Å². The Bertz CT molecular complexity index is 850. The van der Waals surface area contributed by atoms with Crippen molar-refractivity contribution in [2.45, 2.75) is 39.7 Å². The van der Waals surface area contributed by atoms with E-state index in [0.717, 1.165) is 18.0 Å². The molecule has 1 aliphatic rings. The summed E-state index contributed by atoms with van der Waals surface area (Å²) in [6, 6.07) is 14.2. The Morgan fingerprint density at radius 2 is 1.59 bits per heavy atom. The number of likely N-dealkylation sites (tertiary alicyclic amines) is 1. The average Bonchev–Trinajstić information content (AvgIpc) is 3.29. The minimum atomic E-state index is -1.82. The quantitative estimate of drug-likeness (QED) is 0.605. The van der Waals surface area contributed by atoms with Gasteiger partial charge in [0.15, 0.2) is 0 Å². The Morgan fingerprint density at radius 3 is 2.12 bits per heavy atom. The minimum absolute atomic E-state index is 0.0685. The van der Waals surface area contributed by atoms with Gasteiger partial charge in [-0.15, -0.1) is 11.3 Å². The largest absolute Gasteiger partial charge is 0.473 e. The lowest BCUT2D eigenvalue weighted by atomic mass is 9.90.